The fourth-order valence-corrected chi connectivity index (χ4v) is 0.389. The first-order valence-electron chi connectivity index (χ1n) is 3.63. The molecule has 0 saturated heterocycles. The van der Waals surface area contributed by atoms with Crippen molar-refractivity contribution in [1.29, 1.82) is 0 Å². The summed E-state index contributed by atoms with van der Waals surface area (Å²) in [5.74, 6) is -0.255. The molecule has 0 unspecified atom stereocenters. The highest BCUT2D eigenvalue weighted by Gasteiger charge is 1.89. The van der Waals surface area contributed by atoms with Gasteiger partial charge in [0, 0.05) is 13.5 Å². The van der Waals surface area contributed by atoms with Crippen LogP contribution in [0.2, 0.25) is 0 Å². The van der Waals surface area contributed by atoms with Crippen LogP contribution < -0.4 is 0 Å². The predicted octanol–water partition coefficient (Wildman–Crippen LogP) is 0.808. The summed E-state index contributed by atoms with van der Waals surface area (Å²) in [6, 6.07) is 0. The summed E-state index contributed by atoms with van der Waals surface area (Å²) in [7, 11) is 0. The predicted molar refractivity (Wildman–Crippen MR) is 43.8 cm³/mol. The summed E-state index contributed by atoms with van der Waals surface area (Å²) < 4.78 is 9.49. The van der Waals surface area contributed by atoms with Crippen LogP contribution in [0.5, 0.6) is 0 Å². The Kier molecular flexibility index (Phi) is 11.7. The van der Waals surface area contributed by atoms with Gasteiger partial charge >= 0.3 is 12.1 Å². The van der Waals surface area contributed by atoms with Gasteiger partial charge in [-0.1, -0.05) is 0 Å². The first kappa shape index (κ1) is 14.2. The Balaban J connectivity index is 0. The second-order valence-corrected chi connectivity index (χ2v) is 1.82. The summed E-state index contributed by atoms with van der Waals surface area (Å²) in [6.45, 7) is 4.81. The summed E-state index contributed by atoms with van der Waals surface area (Å²) in [6.07, 6.45) is -1.83. The Hall–Kier alpha value is -1.30. The van der Waals surface area contributed by atoms with E-state index in [0.717, 1.165) is 0 Å². The topological polar surface area (TPSA) is 93.1 Å². The fourth-order valence-electron chi connectivity index (χ4n) is 0.389. The molecule has 78 valence electrons. The van der Waals surface area contributed by atoms with Crippen molar-refractivity contribution >= 4 is 12.1 Å². The van der Waals surface area contributed by atoms with Crippen LogP contribution in [0.3, 0.4) is 0 Å². The first-order valence-corrected chi connectivity index (χ1v) is 3.63. The van der Waals surface area contributed by atoms with E-state index in [9.17, 15) is 4.79 Å². The maximum Gasteiger partial charge on any atom is 0.503 e. The maximum atomic E-state index is 10.1. The minimum Gasteiger partial charge on any atom is -0.463 e. The van der Waals surface area contributed by atoms with Crippen molar-refractivity contribution in [2.75, 3.05) is 19.8 Å². The van der Waals surface area contributed by atoms with Crippen LogP contribution in [-0.2, 0) is 14.3 Å². The van der Waals surface area contributed by atoms with Crippen LogP contribution >= 0.6 is 0 Å². The lowest BCUT2D eigenvalue weighted by Crippen LogP contribution is -2.06. The van der Waals surface area contributed by atoms with Gasteiger partial charge in [0.25, 0.3) is 0 Å². The summed E-state index contributed by atoms with van der Waals surface area (Å²) in [5.41, 5.74) is 0. The lowest BCUT2D eigenvalue weighted by molar-refractivity contribution is -0.142. The van der Waals surface area contributed by atoms with Crippen LogP contribution in [0.15, 0.2) is 0 Å². The molecular formula is C7H14O6. The molecule has 0 saturated carbocycles. The van der Waals surface area contributed by atoms with Crippen LogP contribution in [0.4, 0.5) is 4.79 Å². The van der Waals surface area contributed by atoms with Gasteiger partial charge in [-0.15, -0.1) is 0 Å². The first-order chi connectivity index (χ1) is 6.00. The molecule has 0 spiro atoms. The Morgan fingerprint density at radius 3 is 2.00 bits per heavy atom. The number of hydrogen-bond donors (Lipinski definition) is 2. The summed E-state index contributed by atoms with van der Waals surface area (Å²) in [4.78, 5) is 18.7. The highest BCUT2D eigenvalue weighted by molar-refractivity contribution is 5.65. The smallest absolute Gasteiger partial charge is 0.463 e. The van der Waals surface area contributed by atoms with Crippen molar-refractivity contribution < 1.29 is 29.3 Å². The normalized spacial score (nSPS) is 8.15. The molecule has 0 aromatic heterocycles. The van der Waals surface area contributed by atoms with Crippen LogP contribution in [0, 0.1) is 0 Å². The molecule has 0 aliphatic carbocycles. The molecule has 6 nitrogen and oxygen atoms in total. The zero-order chi connectivity index (χ0) is 10.7. The van der Waals surface area contributed by atoms with Gasteiger partial charge in [0.1, 0.15) is 6.61 Å². The second kappa shape index (κ2) is 10.7. The molecule has 13 heavy (non-hydrogen) atoms. The molecular weight excluding hydrogens is 180 g/mol. The van der Waals surface area contributed by atoms with Crippen LogP contribution in [-0.4, -0.2) is 42.2 Å². The van der Waals surface area contributed by atoms with E-state index in [0.29, 0.717) is 19.8 Å². The van der Waals surface area contributed by atoms with Gasteiger partial charge in [0.05, 0.1) is 6.61 Å². The van der Waals surface area contributed by atoms with E-state index in [1.165, 1.54) is 6.92 Å². The number of carboxylic acid groups (broad SMARTS) is 2. The average Bonchev–Trinajstić information content (AvgIpc) is 1.97. The standard InChI is InChI=1S/C6H12O3.CH2O3/c1-3-8-4-5-9-6(2)7;2-1(3)4/h3-5H2,1-2H3;(H2,2,3,4). The molecule has 6 heteroatoms. The Morgan fingerprint density at radius 2 is 1.69 bits per heavy atom. The Labute approximate surface area is 76.1 Å². The molecule has 0 amide bonds. The van der Waals surface area contributed by atoms with Crippen LogP contribution in [0.1, 0.15) is 13.8 Å². The van der Waals surface area contributed by atoms with E-state index in [2.05, 4.69) is 4.74 Å². The second-order valence-electron chi connectivity index (χ2n) is 1.82. The van der Waals surface area contributed by atoms with Gasteiger partial charge in [-0.2, -0.15) is 0 Å². The lowest BCUT2D eigenvalue weighted by atomic mass is 10.7. The molecule has 0 aromatic rings. The molecule has 0 aliphatic rings. The minimum absolute atomic E-state index is 0.255. The molecule has 0 rings (SSSR count). The third-order valence-corrected chi connectivity index (χ3v) is 0.737. The summed E-state index contributed by atoms with van der Waals surface area (Å²) in [5, 5.41) is 13.9. The quantitative estimate of drug-likeness (QED) is 0.508. The van der Waals surface area contributed by atoms with E-state index in [4.69, 9.17) is 19.7 Å². The Morgan fingerprint density at radius 1 is 1.23 bits per heavy atom. The third kappa shape index (κ3) is 36.7. The molecule has 0 fully saturated rings. The number of hydrogen-bond acceptors (Lipinski definition) is 4. The highest BCUT2D eigenvalue weighted by Crippen LogP contribution is 1.77. The van der Waals surface area contributed by atoms with Gasteiger partial charge < -0.3 is 19.7 Å². The molecule has 0 heterocycles. The van der Waals surface area contributed by atoms with Crippen molar-refractivity contribution in [3.63, 3.8) is 0 Å². The van der Waals surface area contributed by atoms with E-state index in [1.807, 2.05) is 6.92 Å². The monoisotopic (exact) mass is 194 g/mol. The van der Waals surface area contributed by atoms with Crippen molar-refractivity contribution in [2.24, 2.45) is 0 Å². The van der Waals surface area contributed by atoms with Gasteiger partial charge in [-0.25, -0.2) is 4.79 Å². The van der Waals surface area contributed by atoms with E-state index < -0.39 is 6.16 Å². The number of ether oxygens (including phenoxy) is 2. The van der Waals surface area contributed by atoms with E-state index >= 15 is 0 Å². The molecule has 0 aromatic carbocycles. The van der Waals surface area contributed by atoms with Crippen molar-refractivity contribution in [2.45, 2.75) is 13.8 Å². The molecule has 2 N–H and O–H groups in total. The molecule has 0 bridgehead atoms. The van der Waals surface area contributed by atoms with Gasteiger partial charge in [0.2, 0.25) is 0 Å². The van der Waals surface area contributed by atoms with Crippen molar-refractivity contribution in [3.05, 3.63) is 0 Å². The molecule has 0 aliphatic heterocycles. The van der Waals surface area contributed by atoms with Crippen molar-refractivity contribution in [1.82, 2.24) is 0 Å². The number of carbonyl (C=O) groups is 2. The van der Waals surface area contributed by atoms with E-state index in [-0.39, 0.29) is 5.97 Å². The average molecular weight is 194 g/mol. The van der Waals surface area contributed by atoms with Gasteiger partial charge in [-0.3, -0.25) is 4.79 Å². The zero-order valence-electron chi connectivity index (χ0n) is 7.65. The van der Waals surface area contributed by atoms with Crippen molar-refractivity contribution in [3.8, 4) is 0 Å². The minimum atomic E-state index is -1.83. The van der Waals surface area contributed by atoms with Gasteiger partial charge in [-0.05, 0) is 6.92 Å². The maximum absolute atomic E-state index is 10.1. The largest absolute Gasteiger partial charge is 0.503 e. The molecule has 0 radical (unpaired) electrons. The zero-order valence-corrected chi connectivity index (χ0v) is 7.65. The highest BCUT2D eigenvalue weighted by atomic mass is 16.6. The van der Waals surface area contributed by atoms with Gasteiger partial charge in [0.15, 0.2) is 0 Å². The number of carbonyl (C=O) groups excluding carboxylic acids is 1. The third-order valence-electron chi connectivity index (χ3n) is 0.737. The summed E-state index contributed by atoms with van der Waals surface area (Å²) >= 11 is 0. The SMILES string of the molecule is CCOCCOC(C)=O.O=C(O)O. The molecule has 0 atom stereocenters. The lowest BCUT2D eigenvalue weighted by Gasteiger charge is -1.99. The van der Waals surface area contributed by atoms with E-state index in [1.54, 1.807) is 0 Å². The van der Waals surface area contributed by atoms with Crippen LogP contribution in [0.25, 0.3) is 0 Å². The number of rotatable bonds is 4. The fraction of sp³-hybridized carbons (Fsp3) is 0.714. The number of esters is 1. The Bertz CT molecular complexity index is 140.